The first-order chi connectivity index (χ1) is 9.16. The summed E-state index contributed by atoms with van der Waals surface area (Å²) < 4.78 is 29.6. The van der Waals surface area contributed by atoms with E-state index in [0.717, 1.165) is 0 Å². The van der Waals surface area contributed by atoms with Crippen LogP contribution in [0.1, 0.15) is 27.7 Å². The molecular weight excluding hydrogens is 296 g/mol. The molecule has 0 aliphatic heterocycles. The van der Waals surface area contributed by atoms with Crippen molar-refractivity contribution in [2.45, 2.75) is 38.8 Å². The number of fused-ring (bicyclic) bond motifs is 1. The molecule has 1 unspecified atom stereocenters. The molecule has 1 atom stereocenters. The van der Waals surface area contributed by atoms with Gasteiger partial charge < -0.3 is 5.32 Å². The number of anilines is 1. The van der Waals surface area contributed by atoms with Gasteiger partial charge in [0.1, 0.15) is 0 Å². The Morgan fingerprint density at radius 2 is 2.05 bits per heavy atom. The Bertz CT molecular complexity index is 709. The Labute approximate surface area is 123 Å². The van der Waals surface area contributed by atoms with Crippen LogP contribution in [-0.2, 0) is 10.0 Å². The topological polar surface area (TPSA) is 75.5 Å². The van der Waals surface area contributed by atoms with Gasteiger partial charge in [-0.1, -0.05) is 20.8 Å². The molecule has 0 radical (unpaired) electrons. The van der Waals surface area contributed by atoms with Crippen LogP contribution < -0.4 is 10.0 Å². The number of nitrogens with one attached hydrogen (secondary N) is 2. The van der Waals surface area contributed by atoms with Crippen LogP contribution in [0.4, 0.5) is 5.82 Å². The average Bonchev–Trinajstić information content (AvgIpc) is 2.84. The average molecular weight is 316 g/mol. The highest BCUT2D eigenvalue weighted by Crippen LogP contribution is 2.27. The van der Waals surface area contributed by atoms with Gasteiger partial charge in [0, 0.05) is 24.7 Å². The van der Waals surface area contributed by atoms with Gasteiger partial charge in [0.05, 0.1) is 0 Å². The number of rotatable bonds is 4. The van der Waals surface area contributed by atoms with E-state index in [1.807, 2.05) is 33.1 Å². The van der Waals surface area contributed by atoms with Crippen LogP contribution in [-0.4, -0.2) is 30.9 Å². The van der Waals surface area contributed by atoms with Gasteiger partial charge in [-0.3, -0.25) is 4.40 Å². The largest absolute Gasteiger partial charge is 0.371 e. The lowest BCUT2D eigenvalue weighted by molar-refractivity contribution is 0.317. The Morgan fingerprint density at radius 1 is 1.40 bits per heavy atom. The summed E-state index contributed by atoms with van der Waals surface area (Å²) in [7, 11) is -1.98. The van der Waals surface area contributed by atoms with E-state index in [1.165, 1.54) is 11.3 Å². The van der Waals surface area contributed by atoms with E-state index < -0.39 is 10.0 Å². The fourth-order valence-corrected chi connectivity index (χ4v) is 4.16. The fraction of sp³-hybridized carbons (Fsp3) is 0.583. The molecule has 8 heteroatoms. The highest BCUT2D eigenvalue weighted by molar-refractivity contribution is 7.89. The third kappa shape index (κ3) is 2.68. The van der Waals surface area contributed by atoms with Gasteiger partial charge in [-0.05, 0) is 12.3 Å². The van der Waals surface area contributed by atoms with Crippen molar-refractivity contribution in [3.8, 4) is 0 Å². The number of sulfonamides is 1. The lowest BCUT2D eigenvalue weighted by atomic mass is 9.89. The number of hydrogen-bond donors (Lipinski definition) is 2. The summed E-state index contributed by atoms with van der Waals surface area (Å²) in [4.78, 5) is 4.93. The van der Waals surface area contributed by atoms with E-state index in [1.54, 1.807) is 17.6 Å². The zero-order valence-electron chi connectivity index (χ0n) is 12.3. The summed E-state index contributed by atoms with van der Waals surface area (Å²) in [6, 6.07) is -0.193. The smallest absolute Gasteiger partial charge is 0.260 e. The molecule has 2 aromatic rings. The van der Waals surface area contributed by atoms with Gasteiger partial charge in [0.2, 0.25) is 0 Å². The van der Waals surface area contributed by atoms with E-state index in [4.69, 9.17) is 0 Å². The minimum Gasteiger partial charge on any atom is -0.371 e. The number of aromatic nitrogens is 2. The van der Waals surface area contributed by atoms with Crippen LogP contribution in [0.25, 0.3) is 4.96 Å². The summed E-state index contributed by atoms with van der Waals surface area (Å²) in [6.45, 7) is 7.85. The van der Waals surface area contributed by atoms with Crippen LogP contribution in [0.2, 0.25) is 0 Å². The predicted molar refractivity (Wildman–Crippen MR) is 81.9 cm³/mol. The summed E-state index contributed by atoms with van der Waals surface area (Å²) in [6.07, 6.45) is 1.71. The van der Waals surface area contributed by atoms with Crippen molar-refractivity contribution < 1.29 is 8.42 Å². The molecule has 0 fully saturated rings. The first-order valence-electron chi connectivity index (χ1n) is 6.32. The van der Waals surface area contributed by atoms with E-state index in [9.17, 15) is 8.42 Å². The standard InChI is InChI=1S/C12H20N4O2S2/c1-8(12(2,3)4)15-20(17,18)10-9(13-5)14-11-16(10)6-7-19-11/h6-8,13,15H,1-5H3. The molecular formula is C12H20N4O2S2. The second-order valence-corrected chi connectivity index (χ2v) is 8.28. The van der Waals surface area contributed by atoms with Gasteiger partial charge in [0.25, 0.3) is 10.0 Å². The summed E-state index contributed by atoms with van der Waals surface area (Å²) in [5.41, 5.74) is -0.161. The van der Waals surface area contributed by atoms with Gasteiger partial charge in [-0.2, -0.15) is 0 Å². The fourth-order valence-electron chi connectivity index (χ4n) is 1.65. The minimum absolute atomic E-state index is 0.160. The first kappa shape index (κ1) is 15.3. The Morgan fingerprint density at radius 3 is 2.60 bits per heavy atom. The Hall–Kier alpha value is -1.12. The van der Waals surface area contributed by atoms with Gasteiger partial charge in [0.15, 0.2) is 15.8 Å². The quantitative estimate of drug-likeness (QED) is 0.906. The maximum absolute atomic E-state index is 12.6. The van der Waals surface area contributed by atoms with Crippen molar-refractivity contribution in [1.29, 1.82) is 0 Å². The second kappa shape index (κ2) is 5.01. The van der Waals surface area contributed by atoms with Crippen molar-refractivity contribution in [2.24, 2.45) is 5.41 Å². The summed E-state index contributed by atoms with van der Waals surface area (Å²) >= 11 is 1.40. The molecule has 6 nitrogen and oxygen atoms in total. The van der Waals surface area contributed by atoms with Crippen molar-refractivity contribution in [3.63, 3.8) is 0 Å². The maximum Gasteiger partial charge on any atom is 0.260 e. The molecule has 0 bridgehead atoms. The van der Waals surface area contributed by atoms with Crippen molar-refractivity contribution in [3.05, 3.63) is 11.6 Å². The van der Waals surface area contributed by atoms with E-state index in [-0.39, 0.29) is 16.5 Å². The molecule has 2 aromatic heterocycles. The second-order valence-electron chi connectivity index (χ2n) is 5.78. The lowest BCUT2D eigenvalue weighted by Gasteiger charge is -2.27. The van der Waals surface area contributed by atoms with Crippen LogP contribution in [0, 0.1) is 5.41 Å². The number of hydrogen-bond acceptors (Lipinski definition) is 5. The molecule has 2 heterocycles. The molecule has 2 N–H and O–H groups in total. The van der Waals surface area contributed by atoms with E-state index >= 15 is 0 Å². The van der Waals surface area contributed by atoms with Gasteiger partial charge in [-0.15, -0.1) is 11.3 Å². The van der Waals surface area contributed by atoms with Crippen LogP contribution in [0.3, 0.4) is 0 Å². The first-order valence-corrected chi connectivity index (χ1v) is 8.68. The van der Waals surface area contributed by atoms with E-state index in [0.29, 0.717) is 10.8 Å². The molecule has 0 aliphatic carbocycles. The Balaban J connectivity index is 2.48. The monoisotopic (exact) mass is 316 g/mol. The molecule has 0 spiro atoms. The lowest BCUT2D eigenvalue weighted by Crippen LogP contribution is -2.41. The highest BCUT2D eigenvalue weighted by Gasteiger charge is 2.30. The van der Waals surface area contributed by atoms with Gasteiger partial charge in [-0.25, -0.2) is 18.1 Å². The predicted octanol–water partition coefficient (Wildman–Crippen LogP) is 2.15. The van der Waals surface area contributed by atoms with Crippen LogP contribution in [0.5, 0.6) is 0 Å². The van der Waals surface area contributed by atoms with Crippen molar-refractivity contribution >= 4 is 32.1 Å². The molecule has 2 rings (SSSR count). The molecule has 0 aliphatic rings. The zero-order valence-corrected chi connectivity index (χ0v) is 13.9. The van der Waals surface area contributed by atoms with Crippen LogP contribution >= 0.6 is 11.3 Å². The minimum atomic E-state index is -3.64. The normalized spacial score (nSPS) is 14.7. The third-order valence-corrected chi connectivity index (χ3v) is 5.66. The molecule has 112 valence electrons. The maximum atomic E-state index is 12.6. The van der Waals surface area contributed by atoms with Crippen LogP contribution in [0.15, 0.2) is 16.6 Å². The molecule has 20 heavy (non-hydrogen) atoms. The highest BCUT2D eigenvalue weighted by atomic mass is 32.2. The van der Waals surface area contributed by atoms with Gasteiger partial charge >= 0.3 is 0 Å². The molecule has 0 amide bonds. The van der Waals surface area contributed by atoms with Crippen molar-refractivity contribution in [2.75, 3.05) is 12.4 Å². The van der Waals surface area contributed by atoms with E-state index in [2.05, 4.69) is 15.0 Å². The number of imidazole rings is 1. The molecule has 0 saturated carbocycles. The molecule has 0 aromatic carbocycles. The number of nitrogens with zero attached hydrogens (tertiary/aromatic N) is 2. The zero-order chi connectivity index (χ0) is 15.1. The summed E-state index contributed by atoms with van der Waals surface area (Å²) in [5, 5.41) is 4.82. The number of thiazole rings is 1. The summed E-state index contributed by atoms with van der Waals surface area (Å²) in [5.74, 6) is 0.366. The molecule has 0 saturated heterocycles. The Kier molecular flexibility index (Phi) is 3.83. The third-order valence-electron chi connectivity index (χ3n) is 3.34. The SMILES string of the molecule is CNc1nc2sccn2c1S(=O)(=O)NC(C)C(C)(C)C. The van der Waals surface area contributed by atoms with Crippen molar-refractivity contribution in [1.82, 2.24) is 14.1 Å².